The lowest BCUT2D eigenvalue weighted by Gasteiger charge is -2.08. The molecule has 0 aliphatic rings. The molecular weight excluding hydrogens is 424 g/mol. The van der Waals surface area contributed by atoms with Gasteiger partial charge in [0.05, 0.1) is 11.6 Å². The zero-order valence-corrected chi connectivity index (χ0v) is 17.1. The molecule has 28 heavy (non-hydrogen) atoms. The molecule has 0 heterocycles. The van der Waals surface area contributed by atoms with Gasteiger partial charge in [0, 0.05) is 5.69 Å². The number of esters is 1. The summed E-state index contributed by atoms with van der Waals surface area (Å²) in [5.41, 5.74) is 2.38. The number of methoxy groups -OCH3 is 1. The Labute approximate surface area is 171 Å². The number of hydrogen-bond acceptors (Lipinski definition) is 5. The van der Waals surface area contributed by atoms with E-state index in [0.717, 1.165) is 12.0 Å². The Morgan fingerprint density at radius 3 is 2.50 bits per heavy atom. The number of anilines is 1. The third-order valence-electron chi connectivity index (χ3n) is 3.83. The van der Waals surface area contributed by atoms with Gasteiger partial charge in [0.25, 0.3) is 5.91 Å². The number of carbonyl (C=O) groups excluding carboxylic acids is 2. The van der Waals surface area contributed by atoms with Gasteiger partial charge in [0.15, 0.2) is 6.61 Å². The first kappa shape index (κ1) is 21.2. The summed E-state index contributed by atoms with van der Waals surface area (Å²) in [6.45, 7) is 1.83. The molecule has 0 aromatic heterocycles. The van der Waals surface area contributed by atoms with E-state index in [1.54, 1.807) is 30.3 Å². The van der Waals surface area contributed by atoms with Gasteiger partial charge in [0.1, 0.15) is 17.4 Å². The number of aryl methyl sites for hydroxylation is 1. The summed E-state index contributed by atoms with van der Waals surface area (Å²) >= 11 is 3.35. The van der Waals surface area contributed by atoms with Crippen LogP contribution in [0.25, 0.3) is 6.08 Å². The van der Waals surface area contributed by atoms with Crippen LogP contribution in [-0.2, 0) is 20.7 Å². The quantitative estimate of drug-likeness (QED) is 0.395. The topological polar surface area (TPSA) is 88.4 Å². The van der Waals surface area contributed by atoms with E-state index in [1.165, 1.54) is 13.2 Å². The van der Waals surface area contributed by atoms with Crippen molar-refractivity contribution in [1.82, 2.24) is 0 Å². The van der Waals surface area contributed by atoms with Gasteiger partial charge in [0.2, 0.25) is 0 Å². The Hall–Kier alpha value is -3.11. The molecule has 0 spiro atoms. The number of benzene rings is 2. The molecule has 1 amide bonds. The molecule has 0 fully saturated rings. The number of nitriles is 1. The third-order valence-corrected chi connectivity index (χ3v) is 4.44. The maximum Gasteiger partial charge on any atom is 0.343 e. The average Bonchev–Trinajstić information content (AvgIpc) is 2.71. The second-order valence-corrected chi connectivity index (χ2v) is 6.58. The third kappa shape index (κ3) is 5.96. The Balaban J connectivity index is 2.12. The highest BCUT2D eigenvalue weighted by atomic mass is 79.9. The zero-order chi connectivity index (χ0) is 20.5. The molecular formula is C21H19BrN2O4. The summed E-state index contributed by atoms with van der Waals surface area (Å²) in [6, 6.07) is 14.4. The van der Waals surface area contributed by atoms with Crippen molar-refractivity contribution in [3.63, 3.8) is 0 Å². The molecule has 0 atom stereocenters. The van der Waals surface area contributed by atoms with E-state index in [0.29, 0.717) is 21.5 Å². The van der Waals surface area contributed by atoms with Crippen molar-refractivity contribution in [3.05, 3.63) is 63.6 Å². The van der Waals surface area contributed by atoms with E-state index in [-0.39, 0.29) is 12.2 Å². The number of halogens is 1. The van der Waals surface area contributed by atoms with Crippen molar-refractivity contribution >= 4 is 39.6 Å². The van der Waals surface area contributed by atoms with E-state index >= 15 is 0 Å². The summed E-state index contributed by atoms with van der Waals surface area (Å²) in [5.74, 6) is -0.540. The minimum atomic E-state index is -0.494. The van der Waals surface area contributed by atoms with Gasteiger partial charge in [-0.15, -0.1) is 0 Å². The molecule has 2 aromatic carbocycles. The lowest BCUT2D eigenvalue weighted by Crippen LogP contribution is -2.13. The van der Waals surface area contributed by atoms with Crippen LogP contribution in [0.3, 0.4) is 0 Å². The van der Waals surface area contributed by atoms with Crippen LogP contribution >= 0.6 is 15.9 Å². The zero-order valence-electron chi connectivity index (χ0n) is 15.5. The SMILES string of the molecule is CCc1ccc(NC(=O)/C(C#N)=C/c2ccc(OCC(=O)OC)c(Br)c2)cc1. The maximum absolute atomic E-state index is 12.4. The Morgan fingerprint density at radius 1 is 1.21 bits per heavy atom. The molecule has 0 unspecified atom stereocenters. The summed E-state index contributed by atoms with van der Waals surface area (Å²) in [5, 5.41) is 12.1. The Kier molecular flexibility index (Phi) is 7.78. The largest absolute Gasteiger partial charge is 0.481 e. The van der Waals surface area contributed by atoms with Crippen LogP contribution in [0.4, 0.5) is 5.69 Å². The first-order valence-corrected chi connectivity index (χ1v) is 9.27. The molecule has 2 aromatic rings. The number of ether oxygens (including phenoxy) is 2. The smallest absolute Gasteiger partial charge is 0.343 e. The summed E-state index contributed by atoms with van der Waals surface area (Å²) in [7, 11) is 1.28. The normalized spacial score (nSPS) is 10.7. The molecule has 0 saturated carbocycles. The van der Waals surface area contributed by atoms with Crippen LogP contribution in [0.2, 0.25) is 0 Å². The first-order valence-electron chi connectivity index (χ1n) is 8.48. The predicted octanol–water partition coefficient (Wildman–Crippen LogP) is 4.11. The molecule has 0 bridgehead atoms. The fourth-order valence-electron chi connectivity index (χ4n) is 2.26. The number of nitrogens with one attached hydrogen (secondary N) is 1. The van der Waals surface area contributed by atoms with E-state index < -0.39 is 11.9 Å². The number of amides is 1. The van der Waals surface area contributed by atoms with E-state index in [9.17, 15) is 14.9 Å². The first-order chi connectivity index (χ1) is 13.5. The Morgan fingerprint density at radius 2 is 1.93 bits per heavy atom. The van der Waals surface area contributed by atoms with Crippen LogP contribution < -0.4 is 10.1 Å². The standard InChI is InChI=1S/C21H19BrN2O4/c1-3-14-4-7-17(8-5-14)24-21(26)16(12-23)10-15-6-9-19(18(22)11-15)28-13-20(25)27-2/h4-11H,3,13H2,1-2H3,(H,24,26)/b16-10+. The number of carbonyl (C=O) groups is 2. The average molecular weight is 443 g/mol. The van der Waals surface area contributed by atoms with Gasteiger partial charge in [-0.05, 0) is 63.8 Å². The summed E-state index contributed by atoms with van der Waals surface area (Å²) in [6.07, 6.45) is 2.39. The molecule has 144 valence electrons. The van der Waals surface area contributed by atoms with Gasteiger partial charge < -0.3 is 14.8 Å². The molecule has 6 nitrogen and oxygen atoms in total. The number of rotatable bonds is 7. The fraction of sp³-hybridized carbons (Fsp3) is 0.190. The molecule has 2 rings (SSSR count). The molecule has 0 saturated heterocycles. The second kappa shape index (κ2) is 10.3. The number of nitrogens with zero attached hydrogens (tertiary/aromatic N) is 1. The lowest BCUT2D eigenvalue weighted by molar-refractivity contribution is -0.142. The molecule has 1 N–H and O–H groups in total. The van der Waals surface area contributed by atoms with E-state index in [2.05, 4.69) is 26.0 Å². The van der Waals surface area contributed by atoms with Gasteiger partial charge in [-0.2, -0.15) is 5.26 Å². The van der Waals surface area contributed by atoms with Gasteiger partial charge >= 0.3 is 5.97 Å². The van der Waals surface area contributed by atoms with Crippen LogP contribution in [0.1, 0.15) is 18.1 Å². The van der Waals surface area contributed by atoms with Crippen molar-refractivity contribution in [2.24, 2.45) is 0 Å². The summed E-state index contributed by atoms with van der Waals surface area (Å²) in [4.78, 5) is 23.5. The van der Waals surface area contributed by atoms with Crippen LogP contribution in [0, 0.1) is 11.3 Å². The van der Waals surface area contributed by atoms with Crippen LogP contribution in [-0.4, -0.2) is 25.6 Å². The Bertz CT molecular complexity index is 930. The second-order valence-electron chi connectivity index (χ2n) is 5.73. The highest BCUT2D eigenvalue weighted by Crippen LogP contribution is 2.27. The van der Waals surface area contributed by atoms with E-state index in [1.807, 2.05) is 25.1 Å². The van der Waals surface area contributed by atoms with Crippen molar-refractivity contribution in [2.45, 2.75) is 13.3 Å². The maximum atomic E-state index is 12.4. The highest BCUT2D eigenvalue weighted by Gasteiger charge is 2.11. The number of hydrogen-bond donors (Lipinski definition) is 1. The monoisotopic (exact) mass is 442 g/mol. The van der Waals surface area contributed by atoms with Gasteiger partial charge in [-0.25, -0.2) is 4.79 Å². The summed E-state index contributed by atoms with van der Waals surface area (Å²) < 4.78 is 10.4. The lowest BCUT2D eigenvalue weighted by atomic mass is 10.1. The van der Waals surface area contributed by atoms with Gasteiger partial charge in [-0.1, -0.05) is 25.1 Å². The minimum absolute atomic E-state index is 0.0327. The minimum Gasteiger partial charge on any atom is -0.481 e. The van der Waals surface area contributed by atoms with Gasteiger partial charge in [-0.3, -0.25) is 4.79 Å². The molecule has 0 radical (unpaired) electrons. The van der Waals surface area contributed by atoms with Crippen molar-refractivity contribution < 1.29 is 19.1 Å². The van der Waals surface area contributed by atoms with E-state index in [4.69, 9.17) is 4.74 Å². The van der Waals surface area contributed by atoms with Crippen molar-refractivity contribution in [1.29, 1.82) is 5.26 Å². The fourth-order valence-corrected chi connectivity index (χ4v) is 2.77. The van der Waals surface area contributed by atoms with Crippen LogP contribution in [0.15, 0.2) is 52.5 Å². The molecule has 7 heteroatoms. The van der Waals surface area contributed by atoms with Crippen LogP contribution in [0.5, 0.6) is 5.75 Å². The molecule has 0 aliphatic heterocycles. The predicted molar refractivity (Wildman–Crippen MR) is 110 cm³/mol. The van der Waals surface area contributed by atoms with Crippen molar-refractivity contribution in [2.75, 3.05) is 19.0 Å². The van der Waals surface area contributed by atoms with Crippen molar-refractivity contribution in [3.8, 4) is 11.8 Å². The molecule has 0 aliphatic carbocycles. The highest BCUT2D eigenvalue weighted by molar-refractivity contribution is 9.10.